The number of benzene rings is 1. The largest absolute Gasteiger partial charge is 0.465 e. The van der Waals surface area contributed by atoms with Crippen molar-refractivity contribution < 1.29 is 18.3 Å². The Bertz CT molecular complexity index is 1530. The van der Waals surface area contributed by atoms with Crippen LogP contribution >= 0.6 is 0 Å². The fourth-order valence-electron chi connectivity index (χ4n) is 3.99. The summed E-state index contributed by atoms with van der Waals surface area (Å²) in [5, 5.41) is 12.3. The predicted octanol–water partition coefficient (Wildman–Crippen LogP) is 3.28. The van der Waals surface area contributed by atoms with E-state index in [1.807, 2.05) is 11.0 Å². The molecule has 3 N–H and O–H groups in total. The van der Waals surface area contributed by atoms with Crippen molar-refractivity contribution in [2.45, 2.75) is 4.90 Å². The summed E-state index contributed by atoms with van der Waals surface area (Å²) in [5.41, 5.74) is 1.51. The number of pyridine rings is 2. The lowest BCUT2D eigenvalue weighted by atomic mass is 10.1. The van der Waals surface area contributed by atoms with E-state index in [2.05, 4.69) is 30.0 Å². The van der Waals surface area contributed by atoms with Crippen LogP contribution in [0.5, 0.6) is 0 Å². The third kappa shape index (κ3) is 5.78. The molecule has 4 aromatic rings. The highest BCUT2D eigenvalue weighted by Gasteiger charge is 2.22. The number of anilines is 4. The molecule has 0 unspecified atom stereocenters. The van der Waals surface area contributed by atoms with Gasteiger partial charge in [-0.2, -0.15) is 0 Å². The van der Waals surface area contributed by atoms with E-state index >= 15 is 0 Å². The molecule has 1 fully saturated rings. The maximum absolute atomic E-state index is 13.0. The molecule has 3 aromatic heterocycles. The summed E-state index contributed by atoms with van der Waals surface area (Å²) in [4.78, 5) is 32.1. The Morgan fingerprint density at radius 1 is 0.895 bits per heavy atom. The number of hydrogen-bond donors (Lipinski definition) is 3. The molecule has 12 nitrogen and oxygen atoms in total. The van der Waals surface area contributed by atoms with Gasteiger partial charge >= 0.3 is 6.09 Å². The number of carbonyl (C=O) groups is 1. The topological polar surface area (TPSA) is 154 Å². The smallest absolute Gasteiger partial charge is 0.407 e. The van der Waals surface area contributed by atoms with Crippen LogP contribution in [0.1, 0.15) is 0 Å². The molecule has 1 saturated heterocycles. The van der Waals surface area contributed by atoms with Crippen LogP contribution in [0.4, 0.5) is 27.9 Å². The molecule has 4 heterocycles. The molecule has 0 aliphatic carbocycles. The molecular weight excluding hydrogens is 508 g/mol. The number of amides is 1. The Labute approximate surface area is 219 Å². The quantitative estimate of drug-likeness (QED) is 0.323. The lowest BCUT2D eigenvalue weighted by Gasteiger charge is -2.33. The molecule has 13 heteroatoms. The van der Waals surface area contributed by atoms with Crippen LogP contribution in [0, 0.1) is 0 Å². The first-order chi connectivity index (χ1) is 18.4. The van der Waals surface area contributed by atoms with Gasteiger partial charge in [0.1, 0.15) is 17.5 Å². The maximum Gasteiger partial charge on any atom is 0.407 e. The van der Waals surface area contributed by atoms with Gasteiger partial charge in [0, 0.05) is 56.4 Å². The molecule has 0 atom stereocenters. The molecule has 1 aliphatic rings. The monoisotopic (exact) mass is 532 g/mol. The van der Waals surface area contributed by atoms with Crippen molar-refractivity contribution in [3.8, 4) is 11.3 Å². The van der Waals surface area contributed by atoms with Crippen LogP contribution < -0.4 is 14.9 Å². The van der Waals surface area contributed by atoms with Crippen molar-refractivity contribution in [2.75, 3.05) is 41.1 Å². The average molecular weight is 533 g/mol. The summed E-state index contributed by atoms with van der Waals surface area (Å²) in [5.74, 6) is 1.48. The molecule has 1 amide bonds. The fraction of sp³-hybridized carbons (Fsp3) is 0.160. The number of nitrogens with zero attached hydrogens (tertiary/aromatic N) is 6. The standard InChI is InChI=1S/C25H24N8O4S/c34-25(35)33-12-10-32(11-13-33)24-14-18(6-7-28-24)21-15-19(31-38(36,37)20-4-2-1-3-5-20)16-22(29-21)30-23-17-26-8-9-27-23/h1-9,14-17H,10-13H2,(H,34,35)(H2,27,29,30,31). The minimum absolute atomic E-state index is 0.133. The highest BCUT2D eigenvalue weighted by atomic mass is 32.2. The summed E-state index contributed by atoms with van der Waals surface area (Å²) in [6, 6.07) is 14.9. The third-order valence-corrected chi connectivity index (χ3v) is 7.26. The second-order valence-corrected chi connectivity index (χ2v) is 10.1. The number of nitrogens with one attached hydrogen (secondary N) is 2. The summed E-state index contributed by atoms with van der Waals surface area (Å²) < 4.78 is 28.7. The molecule has 0 radical (unpaired) electrons. The number of sulfonamides is 1. The Hall–Kier alpha value is -4.78. The molecule has 194 valence electrons. The highest BCUT2D eigenvalue weighted by molar-refractivity contribution is 7.92. The number of aromatic nitrogens is 4. The zero-order valence-electron chi connectivity index (χ0n) is 20.1. The Morgan fingerprint density at radius 3 is 2.39 bits per heavy atom. The van der Waals surface area contributed by atoms with Crippen molar-refractivity contribution in [2.24, 2.45) is 0 Å². The van der Waals surface area contributed by atoms with Gasteiger partial charge in [0.05, 0.1) is 22.5 Å². The van der Waals surface area contributed by atoms with Crippen molar-refractivity contribution in [3.05, 3.63) is 79.4 Å². The molecule has 0 spiro atoms. The van der Waals surface area contributed by atoms with Gasteiger partial charge in [0.2, 0.25) is 0 Å². The van der Waals surface area contributed by atoms with E-state index in [0.29, 0.717) is 60.6 Å². The van der Waals surface area contributed by atoms with Crippen LogP contribution in [0.25, 0.3) is 11.3 Å². The van der Waals surface area contributed by atoms with E-state index in [9.17, 15) is 18.3 Å². The van der Waals surface area contributed by atoms with Gasteiger partial charge < -0.3 is 20.2 Å². The molecule has 1 aliphatic heterocycles. The van der Waals surface area contributed by atoms with Gasteiger partial charge in [-0.1, -0.05) is 18.2 Å². The van der Waals surface area contributed by atoms with Gasteiger partial charge in [-0.3, -0.25) is 9.71 Å². The summed E-state index contributed by atoms with van der Waals surface area (Å²) in [6.07, 6.45) is 5.32. The van der Waals surface area contributed by atoms with Crippen molar-refractivity contribution in [1.29, 1.82) is 0 Å². The SMILES string of the molecule is O=C(O)N1CCN(c2cc(-c3cc(NS(=O)(=O)c4ccccc4)cc(Nc4cnccn4)n3)ccn2)CC1. The molecular formula is C25H24N8O4S. The number of piperazine rings is 1. The maximum atomic E-state index is 13.0. The first-order valence-electron chi connectivity index (χ1n) is 11.7. The summed E-state index contributed by atoms with van der Waals surface area (Å²) in [6.45, 7) is 1.77. The van der Waals surface area contributed by atoms with Crippen LogP contribution in [0.2, 0.25) is 0 Å². The van der Waals surface area contributed by atoms with E-state index in [-0.39, 0.29) is 4.90 Å². The summed E-state index contributed by atoms with van der Waals surface area (Å²) in [7, 11) is -3.85. The highest BCUT2D eigenvalue weighted by Crippen LogP contribution is 2.29. The normalized spacial score (nSPS) is 13.7. The zero-order chi connectivity index (χ0) is 26.5. The third-order valence-electron chi connectivity index (χ3n) is 5.87. The van der Waals surface area contributed by atoms with E-state index in [0.717, 1.165) is 0 Å². The van der Waals surface area contributed by atoms with E-state index in [1.54, 1.807) is 48.8 Å². The molecule has 38 heavy (non-hydrogen) atoms. The van der Waals surface area contributed by atoms with Crippen molar-refractivity contribution in [3.63, 3.8) is 0 Å². The Kier molecular flexibility index (Phi) is 7.00. The van der Waals surface area contributed by atoms with Crippen LogP contribution in [-0.2, 0) is 10.0 Å². The molecule has 1 aromatic carbocycles. The van der Waals surface area contributed by atoms with Crippen LogP contribution in [-0.4, -0.2) is 70.6 Å². The van der Waals surface area contributed by atoms with E-state index < -0.39 is 16.1 Å². The second-order valence-electron chi connectivity index (χ2n) is 8.42. The van der Waals surface area contributed by atoms with Gasteiger partial charge in [-0.15, -0.1) is 0 Å². The lowest BCUT2D eigenvalue weighted by Crippen LogP contribution is -2.48. The first kappa shape index (κ1) is 24.9. The van der Waals surface area contributed by atoms with Crippen molar-refractivity contribution >= 4 is 39.3 Å². The van der Waals surface area contributed by atoms with Gasteiger partial charge in [-0.05, 0) is 30.3 Å². The minimum atomic E-state index is -3.85. The van der Waals surface area contributed by atoms with Crippen LogP contribution in [0.15, 0.2) is 84.3 Å². The van der Waals surface area contributed by atoms with E-state index in [1.165, 1.54) is 29.4 Å². The first-order valence-corrected chi connectivity index (χ1v) is 13.2. The second kappa shape index (κ2) is 10.7. The van der Waals surface area contributed by atoms with Gasteiger partial charge in [0.25, 0.3) is 10.0 Å². The number of rotatable bonds is 7. The van der Waals surface area contributed by atoms with Gasteiger partial charge in [0.15, 0.2) is 0 Å². The summed E-state index contributed by atoms with van der Waals surface area (Å²) >= 11 is 0. The lowest BCUT2D eigenvalue weighted by molar-refractivity contribution is 0.142. The average Bonchev–Trinajstić information content (AvgIpc) is 2.94. The predicted molar refractivity (Wildman–Crippen MR) is 142 cm³/mol. The van der Waals surface area contributed by atoms with Crippen molar-refractivity contribution in [1.82, 2.24) is 24.8 Å². The number of carboxylic acid groups (broad SMARTS) is 1. The Balaban J connectivity index is 1.48. The molecule has 5 rings (SSSR count). The minimum Gasteiger partial charge on any atom is -0.465 e. The Morgan fingerprint density at radius 2 is 1.68 bits per heavy atom. The number of hydrogen-bond acceptors (Lipinski definition) is 9. The molecule has 0 saturated carbocycles. The fourth-order valence-corrected chi connectivity index (χ4v) is 5.05. The molecule has 0 bridgehead atoms. The van der Waals surface area contributed by atoms with Crippen LogP contribution in [0.3, 0.4) is 0 Å². The zero-order valence-corrected chi connectivity index (χ0v) is 20.9. The van der Waals surface area contributed by atoms with E-state index in [4.69, 9.17) is 0 Å². The van der Waals surface area contributed by atoms with Gasteiger partial charge in [-0.25, -0.2) is 28.2 Å².